The van der Waals surface area contributed by atoms with Crippen molar-refractivity contribution in [3.63, 3.8) is 0 Å². The van der Waals surface area contributed by atoms with E-state index in [4.69, 9.17) is 37.4 Å². The molecule has 0 saturated carbocycles. The van der Waals surface area contributed by atoms with Crippen LogP contribution in [-0.2, 0) is 17.9 Å². The molecule has 1 aliphatic rings. The van der Waals surface area contributed by atoms with Gasteiger partial charge in [0.15, 0.2) is 11.5 Å². The highest BCUT2D eigenvalue weighted by atomic mass is 35.5. The lowest BCUT2D eigenvalue weighted by Crippen LogP contribution is -2.36. The summed E-state index contributed by atoms with van der Waals surface area (Å²) in [4.78, 5) is 2.22. The van der Waals surface area contributed by atoms with E-state index in [1.54, 1.807) is 31.4 Å². The largest absolute Gasteiger partial charge is 0.493 e. The average molecular weight is 491 g/mol. The first-order valence-corrected chi connectivity index (χ1v) is 11.4. The van der Waals surface area contributed by atoms with E-state index in [2.05, 4.69) is 10.2 Å². The highest BCUT2D eigenvalue weighted by Gasteiger charge is 2.16. The Kier molecular flexibility index (Phi) is 7.81. The summed E-state index contributed by atoms with van der Waals surface area (Å²) in [7, 11) is 1.54. The summed E-state index contributed by atoms with van der Waals surface area (Å²) in [6.07, 6.45) is 0. The molecule has 5 nitrogen and oxygen atoms in total. The second-order valence-electron chi connectivity index (χ2n) is 7.61. The Morgan fingerprint density at radius 1 is 1.03 bits per heavy atom. The standard InChI is InChI=1S/C25H25Cl2FN2O3/c1-31-24-13-17(12-21(27)25(24)33-16-18-4-2-3-5-22(18)28)15-29-19-6-7-23(20(26)14-19)30-8-10-32-11-9-30/h2-7,12-14,29H,8-11,15-16H2,1H3. The highest BCUT2D eigenvalue weighted by Crippen LogP contribution is 2.37. The van der Waals surface area contributed by atoms with Gasteiger partial charge in [-0.25, -0.2) is 4.39 Å². The topological polar surface area (TPSA) is 43.0 Å². The number of methoxy groups -OCH3 is 1. The van der Waals surface area contributed by atoms with Crippen molar-refractivity contribution in [3.8, 4) is 11.5 Å². The Bertz CT molecular complexity index is 1110. The molecule has 1 fully saturated rings. The first-order chi connectivity index (χ1) is 16.0. The van der Waals surface area contributed by atoms with Crippen LogP contribution in [0.25, 0.3) is 0 Å². The normalized spacial score (nSPS) is 13.6. The van der Waals surface area contributed by atoms with Gasteiger partial charge in [-0.3, -0.25) is 0 Å². The van der Waals surface area contributed by atoms with Crippen LogP contribution in [0, 0.1) is 5.82 Å². The van der Waals surface area contributed by atoms with E-state index in [9.17, 15) is 4.39 Å². The van der Waals surface area contributed by atoms with Crippen LogP contribution in [0.4, 0.5) is 15.8 Å². The van der Waals surface area contributed by atoms with E-state index in [0.29, 0.717) is 46.9 Å². The van der Waals surface area contributed by atoms with Gasteiger partial charge in [-0.2, -0.15) is 0 Å². The molecule has 174 valence electrons. The van der Waals surface area contributed by atoms with Crippen LogP contribution in [0.15, 0.2) is 54.6 Å². The van der Waals surface area contributed by atoms with Crippen LogP contribution in [-0.4, -0.2) is 33.4 Å². The van der Waals surface area contributed by atoms with Gasteiger partial charge in [0.25, 0.3) is 0 Å². The van der Waals surface area contributed by atoms with E-state index >= 15 is 0 Å². The van der Waals surface area contributed by atoms with Crippen LogP contribution in [0.1, 0.15) is 11.1 Å². The van der Waals surface area contributed by atoms with Crippen LogP contribution >= 0.6 is 23.2 Å². The molecule has 0 bridgehead atoms. The molecule has 0 unspecified atom stereocenters. The molecular weight excluding hydrogens is 466 g/mol. The first-order valence-electron chi connectivity index (χ1n) is 10.6. The molecule has 0 radical (unpaired) electrons. The average Bonchev–Trinajstić information content (AvgIpc) is 2.83. The van der Waals surface area contributed by atoms with Gasteiger partial charge in [-0.1, -0.05) is 41.4 Å². The number of anilines is 2. The van der Waals surface area contributed by atoms with E-state index in [-0.39, 0.29) is 12.4 Å². The molecule has 1 saturated heterocycles. The summed E-state index contributed by atoms with van der Waals surface area (Å²) in [6.45, 7) is 3.63. The highest BCUT2D eigenvalue weighted by molar-refractivity contribution is 6.33. The number of hydrogen-bond donors (Lipinski definition) is 1. The van der Waals surface area contributed by atoms with Gasteiger partial charge in [-0.05, 0) is 42.0 Å². The molecule has 1 heterocycles. The van der Waals surface area contributed by atoms with E-state index in [1.807, 2.05) is 24.3 Å². The number of rotatable bonds is 8. The van der Waals surface area contributed by atoms with Crippen molar-refractivity contribution in [3.05, 3.63) is 81.6 Å². The van der Waals surface area contributed by atoms with Gasteiger partial charge in [0.2, 0.25) is 0 Å². The summed E-state index contributed by atoms with van der Waals surface area (Å²) in [5.41, 5.74) is 3.25. The quantitative estimate of drug-likeness (QED) is 0.408. The second-order valence-corrected chi connectivity index (χ2v) is 8.42. The van der Waals surface area contributed by atoms with Crippen LogP contribution < -0.4 is 19.7 Å². The molecule has 1 N–H and O–H groups in total. The van der Waals surface area contributed by atoms with Gasteiger partial charge in [0.1, 0.15) is 12.4 Å². The number of morpholine rings is 1. The van der Waals surface area contributed by atoms with Crippen molar-refractivity contribution in [2.24, 2.45) is 0 Å². The summed E-state index contributed by atoms with van der Waals surface area (Å²) in [5, 5.41) is 4.44. The zero-order valence-corrected chi connectivity index (χ0v) is 19.8. The molecule has 1 aliphatic heterocycles. The molecule has 3 aromatic rings. The molecule has 4 rings (SSSR count). The molecule has 3 aromatic carbocycles. The van der Waals surface area contributed by atoms with Crippen LogP contribution in [0.2, 0.25) is 10.0 Å². The predicted molar refractivity (Wildman–Crippen MR) is 131 cm³/mol. The van der Waals surface area contributed by atoms with Crippen LogP contribution in [0.3, 0.4) is 0 Å². The summed E-state index contributed by atoms with van der Waals surface area (Å²) in [6, 6.07) is 16.0. The first kappa shape index (κ1) is 23.5. The third kappa shape index (κ3) is 5.82. The Hall–Kier alpha value is -2.67. The zero-order valence-electron chi connectivity index (χ0n) is 18.2. The van der Waals surface area contributed by atoms with Gasteiger partial charge in [0, 0.05) is 30.9 Å². The molecule has 0 atom stereocenters. The molecule has 0 aliphatic carbocycles. The van der Waals surface area contributed by atoms with Crippen molar-refractivity contribution >= 4 is 34.6 Å². The molecular formula is C25H25Cl2FN2O3. The van der Waals surface area contributed by atoms with E-state index in [0.717, 1.165) is 30.0 Å². The predicted octanol–water partition coefficient (Wildman–Crippen LogP) is 6.17. The summed E-state index contributed by atoms with van der Waals surface area (Å²) >= 11 is 13.0. The molecule has 8 heteroatoms. The summed E-state index contributed by atoms with van der Waals surface area (Å²) < 4.78 is 30.6. The van der Waals surface area contributed by atoms with Crippen molar-refractivity contribution in [2.75, 3.05) is 43.6 Å². The van der Waals surface area contributed by atoms with Gasteiger partial charge in [0.05, 0.1) is 36.1 Å². The zero-order chi connectivity index (χ0) is 23.2. The fourth-order valence-corrected chi connectivity index (χ4v) is 4.25. The maximum atomic E-state index is 13.9. The minimum absolute atomic E-state index is 0.0499. The Balaban J connectivity index is 1.42. The van der Waals surface area contributed by atoms with Crippen molar-refractivity contribution in [2.45, 2.75) is 13.2 Å². The SMILES string of the molecule is COc1cc(CNc2ccc(N3CCOCC3)c(Cl)c2)cc(Cl)c1OCc1ccccc1F. The lowest BCUT2D eigenvalue weighted by Gasteiger charge is -2.29. The molecule has 33 heavy (non-hydrogen) atoms. The van der Waals surface area contributed by atoms with E-state index < -0.39 is 0 Å². The minimum Gasteiger partial charge on any atom is -0.493 e. The third-order valence-corrected chi connectivity index (χ3v) is 6.00. The maximum absolute atomic E-state index is 13.9. The number of nitrogens with one attached hydrogen (secondary N) is 1. The smallest absolute Gasteiger partial charge is 0.180 e. The molecule has 0 amide bonds. The van der Waals surface area contributed by atoms with Crippen molar-refractivity contribution in [1.82, 2.24) is 0 Å². The monoisotopic (exact) mass is 490 g/mol. The van der Waals surface area contributed by atoms with Crippen LogP contribution in [0.5, 0.6) is 11.5 Å². The maximum Gasteiger partial charge on any atom is 0.180 e. The lowest BCUT2D eigenvalue weighted by molar-refractivity contribution is 0.122. The van der Waals surface area contributed by atoms with Crippen molar-refractivity contribution < 1.29 is 18.6 Å². The Morgan fingerprint density at radius 3 is 2.55 bits per heavy atom. The van der Waals surface area contributed by atoms with Gasteiger partial charge >= 0.3 is 0 Å². The Morgan fingerprint density at radius 2 is 1.82 bits per heavy atom. The number of halogens is 3. The van der Waals surface area contributed by atoms with Crippen molar-refractivity contribution in [1.29, 1.82) is 0 Å². The number of nitrogens with zero attached hydrogens (tertiary/aromatic N) is 1. The van der Waals surface area contributed by atoms with Gasteiger partial charge < -0.3 is 24.4 Å². The molecule has 0 spiro atoms. The van der Waals surface area contributed by atoms with E-state index in [1.165, 1.54) is 6.07 Å². The Labute approximate surface area is 203 Å². The lowest BCUT2D eigenvalue weighted by atomic mass is 10.1. The van der Waals surface area contributed by atoms with Gasteiger partial charge in [-0.15, -0.1) is 0 Å². The number of benzene rings is 3. The summed E-state index contributed by atoms with van der Waals surface area (Å²) in [5.74, 6) is 0.534. The molecule has 0 aromatic heterocycles. The number of ether oxygens (including phenoxy) is 3. The minimum atomic E-state index is -0.327. The number of hydrogen-bond acceptors (Lipinski definition) is 5. The fourth-order valence-electron chi connectivity index (χ4n) is 3.66. The third-order valence-electron chi connectivity index (χ3n) is 5.42. The fraction of sp³-hybridized carbons (Fsp3) is 0.280. The second kappa shape index (κ2) is 11.0.